The van der Waals surface area contributed by atoms with Crippen LogP contribution in [-0.2, 0) is 7.05 Å². The molecule has 0 bridgehead atoms. The van der Waals surface area contributed by atoms with Crippen molar-refractivity contribution in [1.82, 2.24) is 14.8 Å². The lowest BCUT2D eigenvalue weighted by Crippen LogP contribution is -2.16. The van der Waals surface area contributed by atoms with Gasteiger partial charge >= 0.3 is 0 Å². The number of anilines is 1. The maximum absolute atomic E-state index is 12.2. The van der Waals surface area contributed by atoms with Crippen LogP contribution in [0.15, 0.2) is 47.2 Å². The monoisotopic (exact) mass is 330 g/mol. The minimum Gasteiger partial charge on any atom is -0.319 e. The molecule has 100 valence electrons. The van der Waals surface area contributed by atoms with Crippen molar-refractivity contribution >= 4 is 38.4 Å². The Morgan fingerprint density at radius 1 is 1.25 bits per heavy atom. The summed E-state index contributed by atoms with van der Waals surface area (Å²) in [5.74, 6) is -0.209. The summed E-state index contributed by atoms with van der Waals surface area (Å²) in [5.41, 5.74) is 1.92. The Morgan fingerprint density at radius 2 is 2.10 bits per heavy atom. The van der Waals surface area contributed by atoms with Crippen LogP contribution < -0.4 is 5.32 Å². The first-order chi connectivity index (χ1) is 9.66. The van der Waals surface area contributed by atoms with E-state index in [1.165, 1.54) is 4.68 Å². The number of nitrogens with one attached hydrogen (secondary N) is 1. The number of hydrogen-bond acceptors (Lipinski definition) is 3. The molecule has 2 heterocycles. The number of carbonyl (C=O) groups excluding carboxylic acids is 1. The van der Waals surface area contributed by atoms with Crippen LogP contribution in [-0.4, -0.2) is 20.7 Å². The number of amides is 1. The first-order valence-corrected chi connectivity index (χ1v) is 6.78. The summed E-state index contributed by atoms with van der Waals surface area (Å²) >= 11 is 3.48. The average molecular weight is 331 g/mol. The molecule has 20 heavy (non-hydrogen) atoms. The molecule has 1 aromatic carbocycles. The van der Waals surface area contributed by atoms with Crippen LogP contribution in [0.5, 0.6) is 0 Å². The van der Waals surface area contributed by atoms with Crippen molar-refractivity contribution in [2.24, 2.45) is 7.05 Å². The van der Waals surface area contributed by atoms with E-state index in [1.807, 2.05) is 24.3 Å². The molecule has 3 rings (SSSR count). The summed E-state index contributed by atoms with van der Waals surface area (Å²) in [5, 5.41) is 7.81. The summed E-state index contributed by atoms with van der Waals surface area (Å²) in [7, 11) is 1.73. The second kappa shape index (κ2) is 5.05. The molecular formula is C14H11BrN4O. The Bertz CT molecular complexity index is 797. The lowest BCUT2D eigenvalue weighted by atomic mass is 10.2. The zero-order chi connectivity index (χ0) is 14.1. The highest BCUT2D eigenvalue weighted by Crippen LogP contribution is 2.28. The molecule has 0 unspecified atom stereocenters. The van der Waals surface area contributed by atoms with Gasteiger partial charge in [0.2, 0.25) is 0 Å². The van der Waals surface area contributed by atoms with Crippen molar-refractivity contribution in [3.05, 3.63) is 52.9 Å². The summed E-state index contributed by atoms with van der Waals surface area (Å²) in [6.07, 6.45) is 3.29. The fourth-order valence-corrected chi connectivity index (χ4v) is 2.47. The average Bonchev–Trinajstić information content (AvgIpc) is 2.88. The van der Waals surface area contributed by atoms with Crippen LogP contribution in [0.25, 0.3) is 10.9 Å². The van der Waals surface area contributed by atoms with E-state index < -0.39 is 0 Å². The predicted molar refractivity (Wildman–Crippen MR) is 80.6 cm³/mol. The van der Waals surface area contributed by atoms with E-state index in [0.29, 0.717) is 11.4 Å². The fraction of sp³-hybridized carbons (Fsp3) is 0.0714. The third-order valence-corrected chi connectivity index (χ3v) is 3.71. The van der Waals surface area contributed by atoms with Crippen LogP contribution in [0.1, 0.15) is 10.5 Å². The van der Waals surface area contributed by atoms with Gasteiger partial charge in [0.1, 0.15) is 5.69 Å². The third-order valence-electron chi connectivity index (χ3n) is 3.02. The van der Waals surface area contributed by atoms with E-state index in [4.69, 9.17) is 0 Å². The van der Waals surface area contributed by atoms with Gasteiger partial charge in [0, 0.05) is 29.3 Å². The SMILES string of the molecule is Cn1nccc1C(=O)Nc1ccc(Br)c2cccnc12. The van der Waals surface area contributed by atoms with Crippen LogP contribution >= 0.6 is 15.9 Å². The molecule has 0 atom stereocenters. The van der Waals surface area contributed by atoms with Gasteiger partial charge in [-0.1, -0.05) is 22.0 Å². The van der Waals surface area contributed by atoms with Crippen LogP contribution in [0, 0.1) is 0 Å². The maximum Gasteiger partial charge on any atom is 0.273 e. The molecule has 3 aromatic rings. The number of aryl methyl sites for hydroxylation is 1. The normalized spacial score (nSPS) is 10.7. The second-order valence-corrected chi connectivity index (χ2v) is 5.14. The molecule has 0 aliphatic rings. The van der Waals surface area contributed by atoms with Crippen molar-refractivity contribution in [2.45, 2.75) is 0 Å². The van der Waals surface area contributed by atoms with E-state index in [0.717, 1.165) is 15.4 Å². The first-order valence-electron chi connectivity index (χ1n) is 5.99. The summed E-state index contributed by atoms with van der Waals surface area (Å²) in [4.78, 5) is 16.5. The van der Waals surface area contributed by atoms with E-state index in [2.05, 4.69) is 31.3 Å². The lowest BCUT2D eigenvalue weighted by molar-refractivity contribution is 0.101. The molecular weight excluding hydrogens is 320 g/mol. The van der Waals surface area contributed by atoms with Crippen molar-refractivity contribution in [3.8, 4) is 0 Å². The maximum atomic E-state index is 12.2. The molecule has 0 saturated carbocycles. The highest BCUT2D eigenvalue weighted by atomic mass is 79.9. The highest BCUT2D eigenvalue weighted by Gasteiger charge is 2.12. The number of aromatic nitrogens is 3. The minimum absolute atomic E-state index is 0.209. The van der Waals surface area contributed by atoms with E-state index in [9.17, 15) is 4.79 Å². The van der Waals surface area contributed by atoms with E-state index in [1.54, 1.807) is 25.5 Å². The zero-order valence-corrected chi connectivity index (χ0v) is 12.3. The first kappa shape index (κ1) is 12.8. The molecule has 6 heteroatoms. The number of rotatable bonds is 2. The van der Waals surface area contributed by atoms with Gasteiger partial charge in [-0.15, -0.1) is 0 Å². The Kier molecular flexibility index (Phi) is 3.23. The minimum atomic E-state index is -0.209. The Morgan fingerprint density at radius 3 is 2.85 bits per heavy atom. The number of benzene rings is 1. The van der Waals surface area contributed by atoms with Crippen molar-refractivity contribution in [1.29, 1.82) is 0 Å². The fourth-order valence-electron chi connectivity index (χ4n) is 2.02. The standard InChI is InChI=1S/C14H11BrN4O/c1-19-12(6-8-17-19)14(20)18-11-5-4-10(15)9-3-2-7-16-13(9)11/h2-8H,1H3,(H,18,20). The van der Waals surface area contributed by atoms with Gasteiger partial charge in [0.05, 0.1) is 11.2 Å². The number of pyridine rings is 1. The smallest absolute Gasteiger partial charge is 0.273 e. The van der Waals surface area contributed by atoms with Crippen molar-refractivity contribution in [2.75, 3.05) is 5.32 Å². The molecule has 0 aliphatic heterocycles. The molecule has 1 N–H and O–H groups in total. The molecule has 0 radical (unpaired) electrons. The molecule has 0 fully saturated rings. The van der Waals surface area contributed by atoms with Crippen LogP contribution in [0.4, 0.5) is 5.69 Å². The third kappa shape index (κ3) is 2.18. The van der Waals surface area contributed by atoms with Crippen molar-refractivity contribution < 1.29 is 4.79 Å². The topological polar surface area (TPSA) is 59.8 Å². The Hall–Kier alpha value is -2.21. The molecule has 0 saturated heterocycles. The molecule has 1 amide bonds. The largest absolute Gasteiger partial charge is 0.319 e. The second-order valence-electron chi connectivity index (χ2n) is 4.29. The summed E-state index contributed by atoms with van der Waals surface area (Å²) in [6, 6.07) is 9.20. The van der Waals surface area contributed by atoms with Gasteiger partial charge in [0.15, 0.2) is 0 Å². The number of fused-ring (bicyclic) bond motifs is 1. The number of hydrogen-bond donors (Lipinski definition) is 1. The zero-order valence-electron chi connectivity index (χ0n) is 10.7. The Labute approximate surface area is 123 Å². The van der Waals surface area contributed by atoms with Gasteiger partial charge in [-0.3, -0.25) is 14.5 Å². The molecule has 5 nitrogen and oxygen atoms in total. The van der Waals surface area contributed by atoms with E-state index in [-0.39, 0.29) is 5.91 Å². The van der Waals surface area contributed by atoms with Crippen molar-refractivity contribution in [3.63, 3.8) is 0 Å². The Balaban J connectivity index is 2.02. The predicted octanol–water partition coefficient (Wildman–Crippen LogP) is 2.98. The molecule has 2 aromatic heterocycles. The summed E-state index contributed by atoms with van der Waals surface area (Å²) in [6.45, 7) is 0. The van der Waals surface area contributed by atoms with Gasteiger partial charge in [-0.05, 0) is 24.3 Å². The number of halogens is 1. The van der Waals surface area contributed by atoms with Gasteiger partial charge in [0.25, 0.3) is 5.91 Å². The highest BCUT2D eigenvalue weighted by molar-refractivity contribution is 9.10. The van der Waals surface area contributed by atoms with Gasteiger partial charge in [-0.25, -0.2) is 0 Å². The van der Waals surface area contributed by atoms with Crippen LogP contribution in [0.2, 0.25) is 0 Å². The van der Waals surface area contributed by atoms with Crippen LogP contribution in [0.3, 0.4) is 0 Å². The van der Waals surface area contributed by atoms with E-state index >= 15 is 0 Å². The summed E-state index contributed by atoms with van der Waals surface area (Å²) < 4.78 is 2.48. The number of nitrogens with zero attached hydrogens (tertiary/aromatic N) is 3. The molecule has 0 aliphatic carbocycles. The quantitative estimate of drug-likeness (QED) is 0.785. The van der Waals surface area contributed by atoms with Gasteiger partial charge in [-0.2, -0.15) is 5.10 Å². The van der Waals surface area contributed by atoms with Gasteiger partial charge < -0.3 is 5.32 Å². The lowest BCUT2D eigenvalue weighted by Gasteiger charge is -2.09. The number of carbonyl (C=O) groups is 1. The molecule has 0 spiro atoms.